The van der Waals surface area contributed by atoms with Crippen LogP contribution in [0, 0.1) is 0 Å². The van der Waals surface area contributed by atoms with Crippen molar-refractivity contribution in [3.8, 4) is 11.5 Å². The topological polar surface area (TPSA) is 142 Å². The number of carboxylic acids is 1. The molecular formula is C23H20F3N3O7. The first-order chi connectivity index (χ1) is 17.0. The van der Waals surface area contributed by atoms with Gasteiger partial charge in [-0.2, -0.15) is 13.2 Å². The Hall–Kier alpha value is -4.55. The van der Waals surface area contributed by atoms with E-state index in [0.717, 1.165) is 23.2 Å². The van der Waals surface area contributed by atoms with E-state index in [4.69, 9.17) is 14.3 Å². The fourth-order valence-electron chi connectivity index (χ4n) is 3.21. The Morgan fingerprint density at radius 1 is 1.14 bits per heavy atom. The molecule has 10 nitrogen and oxygen atoms in total. The highest BCUT2D eigenvalue weighted by atomic mass is 19.4. The minimum atomic E-state index is -4.72. The van der Waals surface area contributed by atoms with Gasteiger partial charge in [0.2, 0.25) is 11.7 Å². The van der Waals surface area contributed by atoms with Crippen molar-refractivity contribution in [1.82, 2.24) is 9.88 Å². The number of nitrogens with one attached hydrogen (secondary N) is 1. The van der Waals surface area contributed by atoms with Crippen molar-refractivity contribution >= 4 is 23.8 Å². The van der Waals surface area contributed by atoms with Crippen LogP contribution < -0.4 is 10.1 Å². The van der Waals surface area contributed by atoms with Crippen LogP contribution in [0.1, 0.15) is 27.2 Å². The van der Waals surface area contributed by atoms with Gasteiger partial charge in [0.05, 0.1) is 25.3 Å². The highest BCUT2D eigenvalue weighted by Gasteiger charge is 2.34. The van der Waals surface area contributed by atoms with E-state index >= 15 is 0 Å². The first kappa shape index (κ1) is 26.1. The van der Waals surface area contributed by atoms with Crippen LogP contribution in [-0.4, -0.2) is 51.5 Å². The lowest BCUT2D eigenvalue weighted by Crippen LogP contribution is -2.35. The molecule has 0 spiro atoms. The summed E-state index contributed by atoms with van der Waals surface area (Å²) in [4.78, 5) is 41.0. The third kappa shape index (κ3) is 6.74. The zero-order valence-corrected chi connectivity index (χ0v) is 18.7. The maximum Gasteiger partial charge on any atom is 0.416 e. The van der Waals surface area contributed by atoms with E-state index in [1.54, 1.807) is 0 Å². The summed E-state index contributed by atoms with van der Waals surface area (Å²) in [6.07, 6.45) is -4.44. The van der Waals surface area contributed by atoms with Crippen molar-refractivity contribution in [3.05, 3.63) is 71.1 Å². The zero-order chi connectivity index (χ0) is 26.5. The number of phenols is 1. The van der Waals surface area contributed by atoms with Crippen LogP contribution in [0.2, 0.25) is 0 Å². The predicted molar refractivity (Wildman–Crippen MR) is 117 cm³/mol. The van der Waals surface area contributed by atoms with Crippen LogP contribution in [0.25, 0.3) is 0 Å². The lowest BCUT2D eigenvalue weighted by Gasteiger charge is -2.19. The highest BCUT2D eigenvalue weighted by molar-refractivity contribution is 5.94. The number of amides is 2. The van der Waals surface area contributed by atoms with Gasteiger partial charge in [0.25, 0.3) is 5.91 Å². The van der Waals surface area contributed by atoms with Gasteiger partial charge in [-0.15, -0.1) is 0 Å². The standard InChI is InChI=1S/C23H20F3N3O7/c1-35-16-7-4-14(17(9-16)23(24,25)26)8-19(31)28-22-27-10-18(36-22)21(34)29(12-20(32)33)11-13-2-5-15(30)6-3-13/h2-7,9-10,30H,8,11-12H2,1H3,(H,32,33)(H,27,28,31). The zero-order valence-electron chi connectivity index (χ0n) is 18.7. The number of halogens is 3. The Labute approximate surface area is 201 Å². The number of hydrogen-bond acceptors (Lipinski definition) is 7. The van der Waals surface area contributed by atoms with Crippen LogP contribution in [0.4, 0.5) is 19.2 Å². The number of benzene rings is 2. The first-order valence-corrected chi connectivity index (χ1v) is 10.2. The molecule has 0 atom stereocenters. The fraction of sp³-hybridized carbons (Fsp3) is 0.217. The summed E-state index contributed by atoms with van der Waals surface area (Å²) in [6.45, 7) is -0.814. The van der Waals surface area contributed by atoms with Gasteiger partial charge in [-0.1, -0.05) is 18.2 Å². The average Bonchev–Trinajstić information content (AvgIpc) is 3.27. The number of carboxylic acid groups (broad SMARTS) is 1. The number of carbonyl (C=O) groups is 3. The second kappa shape index (κ2) is 10.8. The molecule has 0 fully saturated rings. The van der Waals surface area contributed by atoms with E-state index in [2.05, 4.69) is 10.3 Å². The molecule has 36 heavy (non-hydrogen) atoms. The summed E-state index contributed by atoms with van der Waals surface area (Å²) in [7, 11) is 1.21. The predicted octanol–water partition coefficient (Wildman–Crippen LogP) is 3.32. The molecule has 0 saturated carbocycles. The van der Waals surface area contributed by atoms with Crippen molar-refractivity contribution in [3.63, 3.8) is 0 Å². The number of alkyl halides is 3. The summed E-state index contributed by atoms with van der Waals surface area (Å²) in [5, 5.41) is 20.7. The summed E-state index contributed by atoms with van der Waals surface area (Å²) >= 11 is 0. The van der Waals surface area contributed by atoms with E-state index < -0.39 is 54.3 Å². The molecule has 0 aliphatic heterocycles. The molecule has 0 unspecified atom stereocenters. The van der Waals surface area contributed by atoms with Gasteiger partial charge in [-0.05, 0) is 35.4 Å². The smallest absolute Gasteiger partial charge is 0.416 e. The van der Waals surface area contributed by atoms with Crippen LogP contribution in [0.3, 0.4) is 0 Å². The van der Waals surface area contributed by atoms with Crippen molar-refractivity contribution in [2.45, 2.75) is 19.1 Å². The molecule has 1 heterocycles. The Morgan fingerprint density at radius 3 is 2.44 bits per heavy atom. The minimum absolute atomic E-state index is 0.0116. The number of oxazole rings is 1. The van der Waals surface area contributed by atoms with E-state index in [9.17, 15) is 32.7 Å². The molecule has 3 aromatic rings. The minimum Gasteiger partial charge on any atom is -0.508 e. The molecule has 2 amide bonds. The van der Waals surface area contributed by atoms with Crippen LogP contribution >= 0.6 is 0 Å². The first-order valence-electron chi connectivity index (χ1n) is 10.2. The number of methoxy groups -OCH3 is 1. The van der Waals surface area contributed by atoms with E-state index in [1.165, 1.54) is 37.4 Å². The summed E-state index contributed by atoms with van der Waals surface area (Å²) in [5.41, 5.74) is -0.834. The highest BCUT2D eigenvalue weighted by Crippen LogP contribution is 2.34. The van der Waals surface area contributed by atoms with Crippen LogP contribution in [0.15, 0.2) is 53.1 Å². The molecule has 13 heteroatoms. The molecule has 1 aromatic heterocycles. The number of ether oxygens (including phenoxy) is 1. The van der Waals surface area contributed by atoms with Crippen molar-refractivity contribution in [2.24, 2.45) is 0 Å². The maximum atomic E-state index is 13.4. The summed E-state index contributed by atoms with van der Waals surface area (Å²) < 4.78 is 50.1. The van der Waals surface area contributed by atoms with E-state index in [0.29, 0.717) is 5.56 Å². The second-order valence-electron chi connectivity index (χ2n) is 7.50. The number of aliphatic carboxylic acids is 1. The maximum absolute atomic E-state index is 13.4. The van der Waals surface area contributed by atoms with Crippen LogP contribution in [0.5, 0.6) is 11.5 Å². The summed E-state index contributed by atoms with van der Waals surface area (Å²) in [5.74, 6) is -3.48. The normalized spacial score (nSPS) is 11.1. The summed E-state index contributed by atoms with van der Waals surface area (Å²) in [6, 6.07) is 8.45. The number of carbonyl (C=O) groups excluding carboxylic acids is 2. The Kier molecular flexibility index (Phi) is 7.82. The van der Waals surface area contributed by atoms with Gasteiger partial charge >= 0.3 is 18.2 Å². The van der Waals surface area contributed by atoms with Crippen molar-refractivity contribution < 1.29 is 46.9 Å². The largest absolute Gasteiger partial charge is 0.508 e. The Bertz CT molecular complexity index is 1260. The van der Waals surface area contributed by atoms with E-state index in [1.807, 2.05) is 0 Å². The fourth-order valence-corrected chi connectivity index (χ4v) is 3.21. The number of nitrogens with zero attached hydrogens (tertiary/aromatic N) is 2. The van der Waals surface area contributed by atoms with Gasteiger partial charge in [-0.3, -0.25) is 19.7 Å². The van der Waals surface area contributed by atoms with Gasteiger partial charge in [0.15, 0.2) is 0 Å². The van der Waals surface area contributed by atoms with Gasteiger partial charge < -0.3 is 24.3 Å². The third-order valence-corrected chi connectivity index (χ3v) is 4.86. The number of aromatic hydroxyl groups is 1. The van der Waals surface area contributed by atoms with Crippen molar-refractivity contribution in [1.29, 1.82) is 0 Å². The molecule has 2 aromatic carbocycles. The van der Waals surface area contributed by atoms with E-state index in [-0.39, 0.29) is 23.6 Å². The molecule has 0 radical (unpaired) electrons. The molecule has 0 saturated heterocycles. The third-order valence-electron chi connectivity index (χ3n) is 4.86. The molecule has 0 bridgehead atoms. The monoisotopic (exact) mass is 507 g/mol. The second-order valence-corrected chi connectivity index (χ2v) is 7.50. The number of rotatable bonds is 9. The molecule has 0 aliphatic rings. The quantitative estimate of drug-likeness (QED) is 0.401. The van der Waals surface area contributed by atoms with Crippen LogP contribution in [-0.2, 0) is 28.7 Å². The number of anilines is 1. The van der Waals surface area contributed by atoms with Crippen molar-refractivity contribution in [2.75, 3.05) is 19.0 Å². The Morgan fingerprint density at radius 2 is 1.83 bits per heavy atom. The molecule has 0 aliphatic carbocycles. The number of hydrogen-bond donors (Lipinski definition) is 3. The van der Waals surface area contributed by atoms with Gasteiger partial charge in [0, 0.05) is 6.54 Å². The van der Waals surface area contributed by atoms with Gasteiger partial charge in [-0.25, -0.2) is 4.98 Å². The SMILES string of the molecule is COc1ccc(CC(=O)Nc2ncc(C(=O)N(CC(=O)O)Cc3ccc(O)cc3)o2)c(C(F)(F)F)c1. The molecule has 3 rings (SSSR count). The molecular weight excluding hydrogens is 487 g/mol. The molecule has 3 N–H and O–H groups in total. The number of aromatic nitrogens is 1. The average molecular weight is 507 g/mol. The lowest BCUT2D eigenvalue weighted by molar-refractivity contribution is -0.139. The lowest BCUT2D eigenvalue weighted by atomic mass is 10.0. The molecule has 190 valence electrons. The Balaban J connectivity index is 1.72. The van der Waals surface area contributed by atoms with Gasteiger partial charge in [0.1, 0.15) is 18.0 Å². The number of phenolic OH excluding ortho intramolecular Hbond substituents is 1.